The summed E-state index contributed by atoms with van der Waals surface area (Å²) in [7, 11) is 5.92. The predicted molar refractivity (Wildman–Crippen MR) is 94.5 cm³/mol. The molecular formula is C16H32N6O. The third-order valence-corrected chi connectivity index (χ3v) is 4.11. The van der Waals surface area contributed by atoms with E-state index < -0.39 is 5.60 Å². The molecule has 0 saturated carbocycles. The first-order chi connectivity index (χ1) is 10.6. The highest BCUT2D eigenvalue weighted by molar-refractivity contribution is 5.79. The summed E-state index contributed by atoms with van der Waals surface area (Å²) in [6.45, 7) is 9.86. The Bertz CT molecular complexity index is 518. The lowest BCUT2D eigenvalue weighted by Crippen LogP contribution is -2.46. The molecule has 7 nitrogen and oxygen atoms in total. The molecule has 0 radical (unpaired) electrons. The molecule has 0 bridgehead atoms. The molecule has 0 fully saturated rings. The largest absolute Gasteiger partial charge is 0.383 e. The number of aliphatic hydroxyl groups is 1. The molecule has 7 heteroatoms. The van der Waals surface area contributed by atoms with Crippen LogP contribution in [-0.2, 0) is 12.6 Å². The molecular weight excluding hydrogens is 292 g/mol. The van der Waals surface area contributed by atoms with E-state index in [1.807, 2.05) is 34.3 Å². The van der Waals surface area contributed by atoms with Crippen molar-refractivity contribution in [3.8, 4) is 0 Å². The summed E-state index contributed by atoms with van der Waals surface area (Å²) in [6, 6.07) is 0. The van der Waals surface area contributed by atoms with Crippen LogP contribution in [0, 0.1) is 0 Å². The van der Waals surface area contributed by atoms with Gasteiger partial charge in [-0.2, -0.15) is 5.10 Å². The maximum atomic E-state index is 10.6. The summed E-state index contributed by atoms with van der Waals surface area (Å²) in [5.74, 6) is 0.701. The molecule has 1 rings (SSSR count). The Hall–Kier alpha value is -1.60. The first-order valence-corrected chi connectivity index (χ1v) is 7.99. The van der Waals surface area contributed by atoms with Gasteiger partial charge in [0.15, 0.2) is 5.96 Å². The van der Waals surface area contributed by atoms with Gasteiger partial charge in [0, 0.05) is 30.9 Å². The third-order valence-electron chi connectivity index (χ3n) is 4.11. The standard InChI is InChI=1S/C16H32N6O/c1-8-17-14(18-11-15(2,3)21(5)6)19-12-16(4,23)13-9-20-22(7)10-13/h9-10,23H,8,11-12H2,1-7H3,(H2,17,18,19). The van der Waals surface area contributed by atoms with Crippen LogP contribution in [0.25, 0.3) is 0 Å². The van der Waals surface area contributed by atoms with Gasteiger partial charge in [-0.3, -0.25) is 9.67 Å². The van der Waals surface area contributed by atoms with Gasteiger partial charge in [0.05, 0.1) is 19.3 Å². The average molecular weight is 324 g/mol. The van der Waals surface area contributed by atoms with E-state index in [2.05, 4.69) is 39.5 Å². The summed E-state index contributed by atoms with van der Waals surface area (Å²) >= 11 is 0. The second-order valence-electron chi connectivity index (χ2n) is 6.93. The molecule has 1 unspecified atom stereocenters. The Morgan fingerprint density at radius 3 is 2.48 bits per heavy atom. The molecule has 0 spiro atoms. The fraction of sp³-hybridized carbons (Fsp3) is 0.750. The smallest absolute Gasteiger partial charge is 0.191 e. The van der Waals surface area contributed by atoms with E-state index in [-0.39, 0.29) is 5.54 Å². The van der Waals surface area contributed by atoms with E-state index in [1.54, 1.807) is 17.8 Å². The molecule has 1 aromatic rings. The van der Waals surface area contributed by atoms with E-state index in [0.717, 1.165) is 12.1 Å². The summed E-state index contributed by atoms with van der Waals surface area (Å²) in [4.78, 5) is 6.77. The fourth-order valence-electron chi connectivity index (χ4n) is 1.81. The summed E-state index contributed by atoms with van der Waals surface area (Å²) in [6.07, 6.45) is 3.50. The van der Waals surface area contributed by atoms with Gasteiger partial charge in [-0.25, -0.2) is 0 Å². The van der Waals surface area contributed by atoms with Gasteiger partial charge >= 0.3 is 0 Å². The van der Waals surface area contributed by atoms with Crippen molar-refractivity contribution in [1.29, 1.82) is 0 Å². The zero-order chi connectivity index (χ0) is 17.7. The second kappa shape index (κ2) is 7.79. The van der Waals surface area contributed by atoms with Crippen molar-refractivity contribution >= 4 is 5.96 Å². The van der Waals surface area contributed by atoms with Gasteiger partial charge in [0.2, 0.25) is 0 Å². The van der Waals surface area contributed by atoms with Gasteiger partial charge in [-0.15, -0.1) is 0 Å². The number of aliphatic imine (C=N–C) groups is 1. The van der Waals surface area contributed by atoms with Crippen molar-refractivity contribution in [3.63, 3.8) is 0 Å². The topological polar surface area (TPSA) is 77.7 Å². The first-order valence-electron chi connectivity index (χ1n) is 7.99. The van der Waals surface area contributed by atoms with Crippen LogP contribution in [0.15, 0.2) is 17.4 Å². The van der Waals surface area contributed by atoms with E-state index in [1.165, 1.54) is 0 Å². The molecule has 1 aromatic heterocycles. The quantitative estimate of drug-likeness (QED) is 0.504. The Labute approximate surface area is 139 Å². The zero-order valence-electron chi connectivity index (χ0n) is 15.5. The van der Waals surface area contributed by atoms with Crippen molar-refractivity contribution in [3.05, 3.63) is 18.0 Å². The summed E-state index contributed by atoms with van der Waals surface area (Å²) in [5.41, 5.74) is -0.271. The highest BCUT2D eigenvalue weighted by Crippen LogP contribution is 2.18. The number of likely N-dealkylation sites (N-methyl/N-ethyl adjacent to an activating group) is 1. The SMILES string of the molecule is CCNC(=NCC(C)(C)N(C)C)NCC(C)(O)c1cnn(C)c1. The zero-order valence-corrected chi connectivity index (χ0v) is 15.5. The van der Waals surface area contributed by atoms with Crippen molar-refractivity contribution in [1.82, 2.24) is 25.3 Å². The lowest BCUT2D eigenvalue weighted by molar-refractivity contribution is 0.0616. The molecule has 0 aliphatic carbocycles. The van der Waals surface area contributed by atoms with Crippen LogP contribution < -0.4 is 10.6 Å². The minimum atomic E-state index is -1.01. The second-order valence-corrected chi connectivity index (χ2v) is 6.93. The first kappa shape index (κ1) is 19.4. The molecule has 1 atom stereocenters. The van der Waals surface area contributed by atoms with E-state index in [4.69, 9.17) is 0 Å². The van der Waals surface area contributed by atoms with E-state index in [0.29, 0.717) is 19.0 Å². The molecule has 1 heterocycles. The highest BCUT2D eigenvalue weighted by Gasteiger charge is 2.25. The fourth-order valence-corrected chi connectivity index (χ4v) is 1.81. The summed E-state index contributed by atoms with van der Waals surface area (Å²) in [5, 5.41) is 21.2. The normalized spacial score (nSPS) is 15.6. The van der Waals surface area contributed by atoms with Crippen molar-refractivity contribution in [2.45, 2.75) is 38.8 Å². The van der Waals surface area contributed by atoms with Crippen molar-refractivity contribution in [2.75, 3.05) is 33.7 Å². The molecule has 0 aromatic carbocycles. The van der Waals surface area contributed by atoms with Gasteiger partial charge in [-0.1, -0.05) is 0 Å². The Kier molecular flexibility index (Phi) is 6.58. The van der Waals surface area contributed by atoms with Crippen LogP contribution in [0.4, 0.5) is 0 Å². The van der Waals surface area contributed by atoms with Gasteiger partial charge < -0.3 is 20.6 Å². The Morgan fingerprint density at radius 1 is 1.35 bits per heavy atom. The molecule has 0 aliphatic rings. The summed E-state index contributed by atoms with van der Waals surface area (Å²) < 4.78 is 1.68. The number of aromatic nitrogens is 2. The van der Waals surface area contributed by atoms with Crippen LogP contribution in [0.5, 0.6) is 0 Å². The minimum Gasteiger partial charge on any atom is -0.383 e. The number of aryl methyl sites for hydroxylation is 1. The minimum absolute atomic E-state index is 0.0335. The van der Waals surface area contributed by atoms with Crippen LogP contribution >= 0.6 is 0 Å². The number of rotatable bonds is 7. The lowest BCUT2D eigenvalue weighted by atomic mass is 10.00. The third kappa shape index (κ3) is 5.84. The van der Waals surface area contributed by atoms with Crippen molar-refractivity contribution in [2.24, 2.45) is 12.0 Å². The predicted octanol–water partition coefficient (Wildman–Crippen LogP) is 0.523. The molecule has 0 amide bonds. The molecule has 132 valence electrons. The molecule has 3 N–H and O–H groups in total. The molecule has 0 aliphatic heterocycles. The maximum absolute atomic E-state index is 10.6. The number of guanidine groups is 1. The van der Waals surface area contributed by atoms with Crippen LogP contribution in [0.2, 0.25) is 0 Å². The van der Waals surface area contributed by atoms with Crippen molar-refractivity contribution < 1.29 is 5.11 Å². The number of hydrogen-bond acceptors (Lipinski definition) is 4. The number of nitrogens with one attached hydrogen (secondary N) is 2. The van der Waals surface area contributed by atoms with Crippen LogP contribution in [0.3, 0.4) is 0 Å². The maximum Gasteiger partial charge on any atom is 0.191 e. The Morgan fingerprint density at radius 2 is 2.00 bits per heavy atom. The molecule has 0 saturated heterocycles. The highest BCUT2D eigenvalue weighted by atomic mass is 16.3. The monoisotopic (exact) mass is 324 g/mol. The van der Waals surface area contributed by atoms with Gasteiger partial charge in [-0.05, 0) is 41.8 Å². The molecule has 23 heavy (non-hydrogen) atoms. The number of nitrogens with zero attached hydrogens (tertiary/aromatic N) is 4. The van der Waals surface area contributed by atoms with E-state index in [9.17, 15) is 5.11 Å². The average Bonchev–Trinajstić information content (AvgIpc) is 2.89. The van der Waals surface area contributed by atoms with Gasteiger partial charge in [0.1, 0.15) is 5.60 Å². The van der Waals surface area contributed by atoms with Crippen LogP contribution in [0.1, 0.15) is 33.3 Å². The van der Waals surface area contributed by atoms with Crippen LogP contribution in [-0.4, -0.2) is 65.0 Å². The van der Waals surface area contributed by atoms with E-state index >= 15 is 0 Å². The Balaban J connectivity index is 2.72. The number of hydrogen-bond donors (Lipinski definition) is 3. The lowest BCUT2D eigenvalue weighted by Gasteiger charge is -2.31. The van der Waals surface area contributed by atoms with Gasteiger partial charge in [0.25, 0.3) is 0 Å².